The van der Waals surface area contributed by atoms with Crippen molar-refractivity contribution in [3.63, 3.8) is 0 Å². The van der Waals surface area contributed by atoms with E-state index >= 15 is 0 Å². The number of carboxylic acid groups (broad SMARTS) is 4. The lowest BCUT2D eigenvalue weighted by atomic mass is 10.1. The minimum atomic E-state index is -3.00. The molecule has 5 aromatic heterocycles. The molecule has 71 heavy (non-hydrogen) atoms. The van der Waals surface area contributed by atoms with E-state index in [-0.39, 0.29) is 58.6 Å². The molecule has 2 atom stereocenters. The average molecular weight is 1010 g/mol. The van der Waals surface area contributed by atoms with Crippen molar-refractivity contribution in [2.45, 2.75) is 62.2 Å². The zero-order chi connectivity index (χ0) is 51.4. The number of aromatic hydroxyl groups is 1. The van der Waals surface area contributed by atoms with Crippen molar-refractivity contribution < 1.29 is 62.2 Å². The van der Waals surface area contributed by atoms with E-state index in [9.17, 15) is 62.2 Å². The first-order valence-electron chi connectivity index (χ1n) is 20.4. The van der Waals surface area contributed by atoms with Gasteiger partial charge >= 0.3 is 29.9 Å². The van der Waals surface area contributed by atoms with E-state index in [1.807, 2.05) is 13.8 Å². The van der Waals surface area contributed by atoms with Gasteiger partial charge in [0.05, 0.1) is 67.2 Å². The number of unbranched alkanes of at least 4 members (excludes halogenated alkanes) is 2. The second-order valence-electron chi connectivity index (χ2n) is 14.7. The van der Waals surface area contributed by atoms with Gasteiger partial charge in [0.15, 0.2) is 34.6 Å². The highest BCUT2D eigenvalue weighted by Gasteiger charge is 2.26. The summed E-state index contributed by atoms with van der Waals surface area (Å²) >= 11 is -5.99. The summed E-state index contributed by atoms with van der Waals surface area (Å²) in [7, 11) is 0. The predicted molar refractivity (Wildman–Crippen MR) is 239 cm³/mol. The Labute approximate surface area is 401 Å². The van der Waals surface area contributed by atoms with E-state index in [0.29, 0.717) is 25.7 Å². The van der Waals surface area contributed by atoms with E-state index in [2.05, 4.69) is 55.8 Å². The Bertz CT molecular complexity index is 3120. The number of carboxylic acids is 4. The molecule has 7 aromatic rings. The minimum Gasteiger partial charge on any atom is -0.768 e. The highest BCUT2D eigenvalue weighted by Crippen LogP contribution is 2.37. The molecule has 2 unspecified atom stereocenters. The number of hydrogen-bond donors (Lipinski definition) is 7. The molecule has 0 amide bonds. The quantitative estimate of drug-likeness (QED) is 0.0414. The van der Waals surface area contributed by atoms with Gasteiger partial charge in [-0.15, -0.1) is 20.5 Å². The summed E-state index contributed by atoms with van der Waals surface area (Å²) in [6, 6.07) is 5.07. The van der Waals surface area contributed by atoms with Crippen LogP contribution in [-0.2, 0) is 35.0 Å². The molecule has 0 radical (unpaired) electrons. The molecule has 32 heteroatoms. The number of rotatable bonds is 20. The zero-order valence-electron chi connectivity index (χ0n) is 36.5. The van der Waals surface area contributed by atoms with Crippen molar-refractivity contribution in [3.8, 4) is 29.3 Å². The number of aromatic carboxylic acids is 4. The molecule has 0 bridgehead atoms. The third kappa shape index (κ3) is 10.4. The van der Waals surface area contributed by atoms with Crippen LogP contribution in [0, 0.1) is 0 Å². The molecule has 0 spiro atoms. The third-order valence-corrected chi connectivity index (χ3v) is 11.3. The molecular formula is C39H35N17O13S2-2. The van der Waals surface area contributed by atoms with Gasteiger partial charge in [0, 0.05) is 0 Å². The van der Waals surface area contributed by atoms with Crippen molar-refractivity contribution in [2.75, 3.05) is 11.5 Å². The van der Waals surface area contributed by atoms with Crippen LogP contribution in [0.15, 0.2) is 79.0 Å². The number of hydrogen-bond acceptors (Lipinski definition) is 22. The SMILES string of the molecule is CCCCc1nn(-c2nc(O)nc(-n3nc(CCCC)c(N=Nc4c(S(=O)[O-])cnn4-c4cc(C(=O)O)cc(C(=O)O)c4)c3N)n2)c(N)c1N=Nc1c(S(=O)[O-])cnn1-c1cc(C(=O)O)cc(C(=O)O)c1. The van der Waals surface area contributed by atoms with Crippen LogP contribution in [-0.4, -0.2) is 121 Å². The first-order valence-corrected chi connectivity index (χ1v) is 22.6. The normalized spacial score (nSPS) is 12.5. The van der Waals surface area contributed by atoms with Crippen LogP contribution in [0.5, 0.6) is 6.01 Å². The van der Waals surface area contributed by atoms with Crippen molar-refractivity contribution >= 4 is 80.7 Å². The summed E-state index contributed by atoms with van der Waals surface area (Å²) in [6.07, 6.45) is 4.53. The fourth-order valence-corrected chi connectivity index (χ4v) is 7.45. The van der Waals surface area contributed by atoms with E-state index in [4.69, 9.17) is 11.5 Å². The lowest BCUT2D eigenvalue weighted by Crippen LogP contribution is -2.13. The maximum Gasteiger partial charge on any atom is 0.335 e. The maximum atomic E-state index is 12.3. The van der Waals surface area contributed by atoms with Crippen LogP contribution in [0.2, 0.25) is 0 Å². The topological polar surface area (TPSA) is 461 Å². The number of nitrogens with zero attached hydrogens (tertiary/aromatic N) is 15. The fraction of sp³-hybridized carbons (Fsp3) is 0.205. The molecule has 0 saturated carbocycles. The number of anilines is 2. The standard InChI is InChI=1S/C39H37N17O13S2/c1-3-5-7-23-27(47-49-31-25(70(66)67)15-42-53(31)21-11-17(33(57)58)9-18(12-21)34(59)60)29(40)55(51-23)37-44-38(46-39(65)45-37)56-30(41)28(24(52-56)8-6-4-2)48-50-32-26(71(68)69)16-43-54(32)22-13-19(35(61)62)10-20(14-22)36(63)64/h9-16H,3-8,40-41H2,1-2H3,(H,57,58)(H,59,60)(H,61,62)(H,63,64)(H,66,67)(H,68,69)(H,44,45,46,65)/p-2. The highest BCUT2D eigenvalue weighted by molar-refractivity contribution is 7.79. The summed E-state index contributed by atoms with van der Waals surface area (Å²) in [5, 5.41) is 83.1. The van der Waals surface area contributed by atoms with E-state index in [1.165, 1.54) is 0 Å². The third-order valence-electron chi connectivity index (χ3n) is 10.0. The van der Waals surface area contributed by atoms with Gasteiger partial charge < -0.3 is 46.1 Å². The van der Waals surface area contributed by atoms with Gasteiger partial charge in [0.1, 0.15) is 0 Å². The van der Waals surface area contributed by atoms with Crippen molar-refractivity contribution in [1.82, 2.24) is 54.1 Å². The Morgan fingerprint density at radius 3 is 1.24 bits per heavy atom. The van der Waals surface area contributed by atoms with Gasteiger partial charge in [-0.05, 0) is 84.2 Å². The predicted octanol–water partition coefficient (Wildman–Crippen LogP) is 4.27. The molecule has 0 aliphatic heterocycles. The molecule has 368 valence electrons. The molecule has 2 aromatic carbocycles. The second-order valence-corrected chi connectivity index (χ2v) is 16.6. The highest BCUT2D eigenvalue weighted by atomic mass is 32.2. The van der Waals surface area contributed by atoms with Crippen LogP contribution >= 0.6 is 0 Å². The summed E-state index contributed by atoms with van der Waals surface area (Å²) in [4.78, 5) is 58.7. The second kappa shape index (κ2) is 20.7. The number of nitrogen functional groups attached to an aromatic ring is 2. The van der Waals surface area contributed by atoms with Gasteiger partial charge in [0.2, 0.25) is 0 Å². The van der Waals surface area contributed by atoms with Crippen LogP contribution in [0.1, 0.15) is 92.4 Å². The molecular weight excluding hydrogens is 979 g/mol. The lowest BCUT2D eigenvalue weighted by Gasteiger charge is -2.09. The van der Waals surface area contributed by atoms with E-state index in [1.54, 1.807) is 0 Å². The number of benzene rings is 2. The van der Waals surface area contributed by atoms with Crippen LogP contribution in [0.4, 0.5) is 34.6 Å². The average Bonchev–Trinajstić information content (AvgIpc) is 4.11. The Morgan fingerprint density at radius 2 is 0.930 bits per heavy atom. The fourth-order valence-electron chi connectivity index (χ4n) is 6.63. The Morgan fingerprint density at radius 1 is 0.577 bits per heavy atom. The Kier molecular flexibility index (Phi) is 14.5. The first kappa shape index (κ1) is 49.9. The maximum absolute atomic E-state index is 12.3. The smallest absolute Gasteiger partial charge is 0.335 e. The minimum absolute atomic E-state index is 0.129. The Hall–Kier alpha value is -9.01. The molecule has 0 saturated heterocycles. The summed E-state index contributed by atoms with van der Waals surface area (Å²) < 4.78 is 52.9. The first-order chi connectivity index (χ1) is 33.8. The van der Waals surface area contributed by atoms with Gasteiger partial charge in [-0.1, -0.05) is 26.7 Å². The van der Waals surface area contributed by atoms with Crippen LogP contribution < -0.4 is 11.5 Å². The van der Waals surface area contributed by atoms with Gasteiger partial charge in [-0.2, -0.15) is 44.7 Å². The molecule has 5 heterocycles. The van der Waals surface area contributed by atoms with E-state index in [0.717, 1.165) is 67.5 Å². The number of aromatic nitrogens is 11. The monoisotopic (exact) mass is 1010 g/mol. The summed E-state index contributed by atoms with van der Waals surface area (Å²) in [5.74, 6) is -8.34. The molecule has 0 aliphatic rings. The molecule has 7 rings (SSSR count). The van der Waals surface area contributed by atoms with Crippen molar-refractivity contribution in [2.24, 2.45) is 20.5 Å². The molecule has 30 nitrogen and oxygen atoms in total. The van der Waals surface area contributed by atoms with Crippen LogP contribution in [0.25, 0.3) is 23.3 Å². The largest absolute Gasteiger partial charge is 0.768 e. The number of nitrogens with two attached hydrogens (primary N) is 2. The lowest BCUT2D eigenvalue weighted by molar-refractivity contribution is 0.0676. The summed E-state index contributed by atoms with van der Waals surface area (Å²) in [5.41, 5.74) is 11.1. The number of carbonyl (C=O) groups is 4. The van der Waals surface area contributed by atoms with E-state index < -0.39 is 108 Å². The molecule has 9 N–H and O–H groups in total. The number of aryl methyl sites for hydroxylation is 2. The van der Waals surface area contributed by atoms with Crippen LogP contribution in [0.3, 0.4) is 0 Å². The van der Waals surface area contributed by atoms with Crippen molar-refractivity contribution in [1.29, 1.82) is 0 Å². The van der Waals surface area contributed by atoms with Gasteiger partial charge in [-0.3, -0.25) is 8.42 Å². The van der Waals surface area contributed by atoms with Crippen molar-refractivity contribution in [3.05, 3.63) is 82.4 Å². The van der Waals surface area contributed by atoms with Gasteiger partial charge in [-0.25, -0.2) is 28.5 Å². The molecule has 0 aliphatic carbocycles. The summed E-state index contributed by atoms with van der Waals surface area (Å²) in [6.45, 7) is 3.77. The van der Waals surface area contributed by atoms with Gasteiger partial charge in [0.25, 0.3) is 11.9 Å². The zero-order valence-corrected chi connectivity index (χ0v) is 38.2. The Balaban J connectivity index is 1.32. The molecule has 0 fully saturated rings. The number of azo groups is 2.